The molecular weight excluding hydrogens is 188 g/mol. The highest BCUT2D eigenvalue weighted by molar-refractivity contribution is 5.15. The predicted octanol–water partition coefficient (Wildman–Crippen LogP) is 1.31. The first-order chi connectivity index (χ1) is 7.22. The van der Waals surface area contributed by atoms with E-state index in [1.807, 2.05) is 0 Å². The minimum Gasteiger partial charge on any atom is -0.330 e. The van der Waals surface area contributed by atoms with Gasteiger partial charge in [0.2, 0.25) is 0 Å². The summed E-state index contributed by atoms with van der Waals surface area (Å²) in [7, 11) is 0. The quantitative estimate of drug-likeness (QED) is 0.815. The fraction of sp³-hybridized carbons (Fsp3) is 0.818. The molecule has 1 aliphatic rings. The number of rotatable bonds is 3. The molecule has 1 atom stereocenters. The topological polar surface area (TPSA) is 56.7 Å². The summed E-state index contributed by atoms with van der Waals surface area (Å²) in [6, 6.07) is 0.423. The maximum Gasteiger partial charge on any atom is 0.0862 e. The molecule has 0 aromatic carbocycles. The normalized spacial score (nSPS) is 20.7. The van der Waals surface area contributed by atoms with Gasteiger partial charge in [-0.15, -0.1) is 5.10 Å². The number of aromatic nitrogens is 3. The summed E-state index contributed by atoms with van der Waals surface area (Å²) in [5.41, 5.74) is 8.14. The molecule has 1 unspecified atom stereocenters. The van der Waals surface area contributed by atoms with Gasteiger partial charge in [0, 0.05) is 6.04 Å². The highest BCUT2D eigenvalue weighted by Gasteiger charge is 2.23. The van der Waals surface area contributed by atoms with E-state index in [-0.39, 0.29) is 0 Å². The van der Waals surface area contributed by atoms with E-state index in [0.717, 1.165) is 31.7 Å². The van der Waals surface area contributed by atoms with Crippen LogP contribution in [-0.2, 0) is 12.8 Å². The van der Waals surface area contributed by atoms with E-state index in [1.54, 1.807) is 0 Å². The van der Waals surface area contributed by atoms with E-state index in [9.17, 15) is 0 Å². The van der Waals surface area contributed by atoms with E-state index < -0.39 is 0 Å². The van der Waals surface area contributed by atoms with Crippen LogP contribution in [0.15, 0.2) is 0 Å². The van der Waals surface area contributed by atoms with Crippen LogP contribution in [0, 0.1) is 5.92 Å². The zero-order chi connectivity index (χ0) is 10.8. The Kier molecular flexibility index (Phi) is 3.05. The van der Waals surface area contributed by atoms with Crippen LogP contribution in [0.1, 0.15) is 44.1 Å². The molecule has 4 nitrogen and oxygen atoms in total. The second-order valence-electron chi connectivity index (χ2n) is 4.71. The average Bonchev–Trinajstić information content (AvgIpc) is 2.61. The SMILES string of the molecule is CC(C)n1nnc2c1CCC(CCN)C2. The molecule has 0 saturated carbocycles. The van der Waals surface area contributed by atoms with Gasteiger partial charge in [-0.05, 0) is 52.0 Å². The van der Waals surface area contributed by atoms with Crippen molar-refractivity contribution in [1.29, 1.82) is 0 Å². The van der Waals surface area contributed by atoms with Gasteiger partial charge in [0.15, 0.2) is 0 Å². The minimum absolute atomic E-state index is 0.423. The van der Waals surface area contributed by atoms with Gasteiger partial charge in [0.1, 0.15) is 0 Å². The fourth-order valence-electron chi connectivity index (χ4n) is 2.38. The van der Waals surface area contributed by atoms with Gasteiger partial charge in [-0.2, -0.15) is 0 Å². The van der Waals surface area contributed by atoms with Gasteiger partial charge in [-0.3, -0.25) is 0 Å². The molecule has 1 aromatic heterocycles. The van der Waals surface area contributed by atoms with Crippen molar-refractivity contribution in [2.24, 2.45) is 11.7 Å². The standard InChI is InChI=1S/C11H20N4/c1-8(2)15-11-4-3-9(5-6-12)7-10(11)13-14-15/h8-9H,3-7,12H2,1-2H3. The molecule has 0 spiro atoms. The lowest BCUT2D eigenvalue weighted by atomic mass is 9.87. The molecule has 15 heavy (non-hydrogen) atoms. The Morgan fingerprint density at radius 1 is 1.53 bits per heavy atom. The summed E-state index contributed by atoms with van der Waals surface area (Å²) < 4.78 is 2.06. The van der Waals surface area contributed by atoms with Gasteiger partial charge in [0.25, 0.3) is 0 Å². The van der Waals surface area contributed by atoms with Crippen molar-refractivity contribution in [3.05, 3.63) is 11.4 Å². The summed E-state index contributed by atoms with van der Waals surface area (Å²) in [6.07, 6.45) is 4.54. The van der Waals surface area contributed by atoms with Gasteiger partial charge in [-0.1, -0.05) is 5.21 Å². The maximum atomic E-state index is 5.59. The van der Waals surface area contributed by atoms with Crippen molar-refractivity contribution in [2.45, 2.75) is 45.6 Å². The molecule has 1 aliphatic carbocycles. The van der Waals surface area contributed by atoms with E-state index in [0.29, 0.717) is 6.04 Å². The molecule has 0 bridgehead atoms. The number of nitrogens with zero attached hydrogens (tertiary/aromatic N) is 3. The molecule has 0 fully saturated rings. The van der Waals surface area contributed by atoms with E-state index >= 15 is 0 Å². The van der Waals surface area contributed by atoms with Crippen LogP contribution in [0.25, 0.3) is 0 Å². The molecule has 0 saturated heterocycles. The van der Waals surface area contributed by atoms with Gasteiger partial charge >= 0.3 is 0 Å². The van der Waals surface area contributed by atoms with Crippen LogP contribution in [-0.4, -0.2) is 21.5 Å². The predicted molar refractivity (Wildman–Crippen MR) is 59.6 cm³/mol. The Morgan fingerprint density at radius 2 is 2.33 bits per heavy atom. The average molecular weight is 208 g/mol. The largest absolute Gasteiger partial charge is 0.330 e. The molecular formula is C11H20N4. The van der Waals surface area contributed by atoms with Crippen LogP contribution in [0.4, 0.5) is 0 Å². The van der Waals surface area contributed by atoms with Gasteiger partial charge in [-0.25, -0.2) is 4.68 Å². The molecule has 4 heteroatoms. The van der Waals surface area contributed by atoms with Crippen molar-refractivity contribution in [2.75, 3.05) is 6.54 Å². The van der Waals surface area contributed by atoms with Crippen LogP contribution in [0.2, 0.25) is 0 Å². The Bertz CT molecular complexity index is 329. The third-order valence-electron chi connectivity index (χ3n) is 3.21. The van der Waals surface area contributed by atoms with E-state index in [1.165, 1.54) is 17.8 Å². The van der Waals surface area contributed by atoms with Crippen LogP contribution < -0.4 is 5.73 Å². The molecule has 1 aromatic rings. The lowest BCUT2D eigenvalue weighted by Crippen LogP contribution is -2.19. The second kappa shape index (κ2) is 4.31. The summed E-state index contributed by atoms with van der Waals surface area (Å²) in [5, 5.41) is 8.51. The van der Waals surface area contributed by atoms with Crippen molar-refractivity contribution in [1.82, 2.24) is 15.0 Å². The molecule has 2 N–H and O–H groups in total. The molecule has 0 amide bonds. The first-order valence-corrected chi connectivity index (χ1v) is 5.85. The van der Waals surface area contributed by atoms with Gasteiger partial charge < -0.3 is 5.73 Å². The van der Waals surface area contributed by atoms with Gasteiger partial charge in [0.05, 0.1) is 11.4 Å². The van der Waals surface area contributed by atoms with Crippen molar-refractivity contribution >= 4 is 0 Å². The lowest BCUT2D eigenvalue weighted by Gasteiger charge is -2.21. The first kappa shape index (κ1) is 10.6. The Hall–Kier alpha value is -0.900. The van der Waals surface area contributed by atoms with Crippen LogP contribution >= 0.6 is 0 Å². The monoisotopic (exact) mass is 208 g/mol. The zero-order valence-corrected chi connectivity index (χ0v) is 9.61. The Morgan fingerprint density at radius 3 is 3.00 bits per heavy atom. The summed E-state index contributed by atoms with van der Waals surface area (Å²) in [4.78, 5) is 0. The highest BCUT2D eigenvalue weighted by atomic mass is 15.4. The summed E-state index contributed by atoms with van der Waals surface area (Å²) in [5.74, 6) is 0.722. The van der Waals surface area contributed by atoms with Crippen molar-refractivity contribution in [3.63, 3.8) is 0 Å². The van der Waals surface area contributed by atoms with E-state index in [2.05, 4.69) is 28.8 Å². The molecule has 2 rings (SSSR count). The lowest BCUT2D eigenvalue weighted by molar-refractivity contribution is 0.411. The number of nitrogens with two attached hydrogens (primary N) is 1. The van der Waals surface area contributed by atoms with Crippen molar-refractivity contribution in [3.8, 4) is 0 Å². The number of fused-ring (bicyclic) bond motifs is 1. The van der Waals surface area contributed by atoms with Crippen molar-refractivity contribution < 1.29 is 0 Å². The number of hydrogen-bond acceptors (Lipinski definition) is 3. The second-order valence-corrected chi connectivity index (χ2v) is 4.71. The highest BCUT2D eigenvalue weighted by Crippen LogP contribution is 2.26. The smallest absolute Gasteiger partial charge is 0.0862 e. The fourth-order valence-corrected chi connectivity index (χ4v) is 2.38. The Balaban J connectivity index is 2.15. The molecule has 0 radical (unpaired) electrons. The third kappa shape index (κ3) is 2.04. The summed E-state index contributed by atoms with van der Waals surface area (Å²) in [6.45, 7) is 5.10. The molecule has 1 heterocycles. The molecule has 0 aliphatic heterocycles. The molecule has 84 valence electrons. The first-order valence-electron chi connectivity index (χ1n) is 5.85. The maximum absolute atomic E-state index is 5.59. The number of hydrogen-bond donors (Lipinski definition) is 1. The minimum atomic E-state index is 0.423. The van der Waals surface area contributed by atoms with E-state index in [4.69, 9.17) is 5.73 Å². The Labute approximate surface area is 90.8 Å². The summed E-state index contributed by atoms with van der Waals surface area (Å²) >= 11 is 0. The van der Waals surface area contributed by atoms with Crippen LogP contribution in [0.5, 0.6) is 0 Å². The van der Waals surface area contributed by atoms with Crippen LogP contribution in [0.3, 0.4) is 0 Å². The zero-order valence-electron chi connectivity index (χ0n) is 9.61. The third-order valence-corrected chi connectivity index (χ3v) is 3.21.